The topological polar surface area (TPSA) is 32.8 Å². The molecule has 2 aromatic carbocycles. The Morgan fingerprint density at radius 3 is 2.08 bits per heavy atom. The second-order valence-corrected chi connectivity index (χ2v) is 5.91. The van der Waals surface area contributed by atoms with E-state index in [1.54, 1.807) is 4.90 Å². The standard InChI is InChI=1S/C20H24N2O2/c1-3-21(4-2)13-14-24-20(23)22-18-11-7-5-9-16(18)15-17-10-6-8-12-19(17)22/h5-12H,3-4,13-15H2,1-2H3. The maximum Gasteiger partial charge on any atom is 0.419 e. The molecule has 0 N–H and O–H groups in total. The van der Waals surface area contributed by atoms with Crippen LogP contribution in [-0.2, 0) is 11.2 Å². The molecule has 1 aliphatic rings. The van der Waals surface area contributed by atoms with E-state index in [4.69, 9.17) is 4.74 Å². The van der Waals surface area contributed by atoms with Gasteiger partial charge in [0.25, 0.3) is 0 Å². The van der Waals surface area contributed by atoms with E-state index in [2.05, 4.69) is 30.9 Å². The minimum Gasteiger partial charge on any atom is -0.448 e. The minimum atomic E-state index is -0.304. The summed E-state index contributed by atoms with van der Waals surface area (Å²) < 4.78 is 5.57. The molecule has 1 aliphatic heterocycles. The van der Waals surface area contributed by atoms with Crippen molar-refractivity contribution in [1.29, 1.82) is 0 Å². The highest BCUT2D eigenvalue weighted by atomic mass is 16.6. The molecule has 3 rings (SSSR count). The fraction of sp³-hybridized carbons (Fsp3) is 0.350. The molecule has 4 heteroatoms. The summed E-state index contributed by atoms with van der Waals surface area (Å²) in [5.41, 5.74) is 4.14. The van der Waals surface area contributed by atoms with Crippen LogP contribution in [0.4, 0.5) is 16.2 Å². The lowest BCUT2D eigenvalue weighted by Gasteiger charge is -2.31. The molecule has 0 saturated carbocycles. The molecular weight excluding hydrogens is 300 g/mol. The number of carbonyl (C=O) groups is 1. The second-order valence-electron chi connectivity index (χ2n) is 5.91. The molecule has 0 aliphatic carbocycles. The van der Waals surface area contributed by atoms with Gasteiger partial charge in [0.15, 0.2) is 0 Å². The average molecular weight is 324 g/mol. The Kier molecular flexibility index (Phi) is 5.16. The number of hydrogen-bond donors (Lipinski definition) is 0. The van der Waals surface area contributed by atoms with Crippen molar-refractivity contribution in [3.05, 3.63) is 59.7 Å². The van der Waals surface area contributed by atoms with Gasteiger partial charge in [-0.15, -0.1) is 0 Å². The summed E-state index contributed by atoms with van der Waals surface area (Å²) in [6.07, 6.45) is 0.539. The van der Waals surface area contributed by atoms with Gasteiger partial charge in [0.05, 0.1) is 11.4 Å². The quantitative estimate of drug-likeness (QED) is 0.826. The molecule has 2 aromatic rings. The first-order valence-corrected chi connectivity index (χ1v) is 8.59. The molecule has 1 heterocycles. The summed E-state index contributed by atoms with van der Waals surface area (Å²) >= 11 is 0. The first-order valence-electron chi connectivity index (χ1n) is 8.59. The van der Waals surface area contributed by atoms with E-state index < -0.39 is 0 Å². The first kappa shape index (κ1) is 16.5. The van der Waals surface area contributed by atoms with Crippen LogP contribution in [0.5, 0.6) is 0 Å². The van der Waals surface area contributed by atoms with E-state index in [1.807, 2.05) is 36.4 Å². The van der Waals surface area contributed by atoms with Crippen molar-refractivity contribution >= 4 is 17.5 Å². The summed E-state index contributed by atoms with van der Waals surface area (Å²) in [5.74, 6) is 0. The van der Waals surface area contributed by atoms with Gasteiger partial charge in [-0.1, -0.05) is 50.2 Å². The third-order valence-electron chi connectivity index (χ3n) is 4.56. The lowest BCUT2D eigenvalue weighted by Crippen LogP contribution is -2.34. The van der Waals surface area contributed by atoms with Crippen molar-refractivity contribution in [3.63, 3.8) is 0 Å². The third kappa shape index (κ3) is 3.29. The van der Waals surface area contributed by atoms with Crippen molar-refractivity contribution in [3.8, 4) is 0 Å². The maximum atomic E-state index is 12.8. The van der Waals surface area contributed by atoms with Crippen molar-refractivity contribution in [2.45, 2.75) is 20.3 Å². The molecular formula is C20H24N2O2. The van der Waals surface area contributed by atoms with Crippen LogP contribution in [0.2, 0.25) is 0 Å². The number of benzene rings is 2. The predicted octanol–water partition coefficient (Wildman–Crippen LogP) is 4.21. The van der Waals surface area contributed by atoms with Gasteiger partial charge in [0.2, 0.25) is 0 Å². The van der Waals surface area contributed by atoms with Crippen LogP contribution in [-0.4, -0.2) is 37.2 Å². The summed E-state index contributed by atoms with van der Waals surface area (Å²) in [4.78, 5) is 16.7. The van der Waals surface area contributed by atoms with E-state index in [1.165, 1.54) is 0 Å². The van der Waals surface area contributed by atoms with Crippen LogP contribution >= 0.6 is 0 Å². The lowest BCUT2D eigenvalue weighted by atomic mass is 9.96. The van der Waals surface area contributed by atoms with Crippen molar-refractivity contribution in [2.24, 2.45) is 0 Å². The first-order chi connectivity index (χ1) is 11.7. The van der Waals surface area contributed by atoms with Crippen LogP contribution < -0.4 is 4.90 Å². The lowest BCUT2D eigenvalue weighted by molar-refractivity contribution is 0.138. The van der Waals surface area contributed by atoms with Gasteiger partial charge >= 0.3 is 6.09 Å². The highest BCUT2D eigenvalue weighted by Gasteiger charge is 2.28. The molecule has 0 unspecified atom stereocenters. The SMILES string of the molecule is CCN(CC)CCOC(=O)N1c2ccccc2Cc2ccccc21. The van der Waals surface area contributed by atoms with Crippen molar-refractivity contribution < 1.29 is 9.53 Å². The highest BCUT2D eigenvalue weighted by molar-refractivity contribution is 5.99. The number of ether oxygens (including phenoxy) is 1. The van der Waals surface area contributed by atoms with Crippen molar-refractivity contribution in [2.75, 3.05) is 31.1 Å². The van der Waals surface area contributed by atoms with Gasteiger partial charge in [-0.3, -0.25) is 0 Å². The van der Waals surface area contributed by atoms with Crippen LogP contribution in [0.15, 0.2) is 48.5 Å². The second kappa shape index (κ2) is 7.49. The molecule has 1 amide bonds. The van der Waals surface area contributed by atoms with Crippen LogP contribution in [0, 0.1) is 0 Å². The number of rotatable bonds is 5. The van der Waals surface area contributed by atoms with E-state index in [0.717, 1.165) is 48.6 Å². The molecule has 0 fully saturated rings. The Balaban J connectivity index is 1.80. The molecule has 0 aromatic heterocycles. The monoisotopic (exact) mass is 324 g/mol. The fourth-order valence-corrected chi connectivity index (χ4v) is 3.15. The van der Waals surface area contributed by atoms with Gasteiger partial charge in [0.1, 0.15) is 6.61 Å². The molecule has 0 atom stereocenters. The number of carbonyl (C=O) groups excluding carboxylic acids is 1. The number of anilines is 2. The Morgan fingerprint density at radius 2 is 1.54 bits per heavy atom. The highest BCUT2D eigenvalue weighted by Crippen LogP contribution is 2.38. The number of nitrogens with zero attached hydrogens (tertiary/aromatic N) is 2. The van der Waals surface area contributed by atoms with Gasteiger partial charge in [0, 0.05) is 13.0 Å². The smallest absolute Gasteiger partial charge is 0.419 e. The van der Waals surface area contributed by atoms with E-state index in [9.17, 15) is 4.79 Å². The normalized spacial score (nSPS) is 12.7. The molecule has 24 heavy (non-hydrogen) atoms. The number of amides is 1. The molecule has 126 valence electrons. The largest absolute Gasteiger partial charge is 0.448 e. The predicted molar refractivity (Wildman–Crippen MR) is 97.0 cm³/mol. The summed E-state index contributed by atoms with van der Waals surface area (Å²) in [6, 6.07) is 16.1. The summed E-state index contributed by atoms with van der Waals surface area (Å²) in [7, 11) is 0. The maximum absolute atomic E-state index is 12.8. The molecule has 0 saturated heterocycles. The zero-order chi connectivity index (χ0) is 16.9. The van der Waals surface area contributed by atoms with Gasteiger partial charge < -0.3 is 9.64 Å². The number of likely N-dealkylation sites (N-methyl/N-ethyl adjacent to an activating group) is 1. The number of fused-ring (bicyclic) bond motifs is 2. The third-order valence-corrected chi connectivity index (χ3v) is 4.56. The van der Waals surface area contributed by atoms with E-state index >= 15 is 0 Å². The fourth-order valence-electron chi connectivity index (χ4n) is 3.15. The Bertz CT molecular complexity index is 665. The average Bonchev–Trinajstić information content (AvgIpc) is 2.63. The molecule has 0 spiro atoms. The number of hydrogen-bond acceptors (Lipinski definition) is 3. The van der Waals surface area contributed by atoms with Crippen LogP contribution in [0.25, 0.3) is 0 Å². The zero-order valence-electron chi connectivity index (χ0n) is 14.4. The van der Waals surface area contributed by atoms with Gasteiger partial charge in [-0.25, -0.2) is 9.69 Å². The number of para-hydroxylation sites is 2. The van der Waals surface area contributed by atoms with Gasteiger partial charge in [-0.2, -0.15) is 0 Å². The molecule has 4 nitrogen and oxygen atoms in total. The minimum absolute atomic E-state index is 0.304. The van der Waals surface area contributed by atoms with Crippen LogP contribution in [0.1, 0.15) is 25.0 Å². The van der Waals surface area contributed by atoms with Crippen LogP contribution in [0.3, 0.4) is 0 Å². The molecule has 0 bridgehead atoms. The zero-order valence-corrected chi connectivity index (χ0v) is 14.4. The Hall–Kier alpha value is -2.33. The summed E-state index contributed by atoms with van der Waals surface area (Å²) in [5, 5.41) is 0. The van der Waals surface area contributed by atoms with E-state index in [-0.39, 0.29) is 6.09 Å². The summed E-state index contributed by atoms with van der Waals surface area (Å²) in [6.45, 7) is 7.31. The van der Waals surface area contributed by atoms with E-state index in [0.29, 0.717) is 6.61 Å². The Labute approximate surface area is 143 Å². The van der Waals surface area contributed by atoms with Gasteiger partial charge in [-0.05, 0) is 36.3 Å². The van der Waals surface area contributed by atoms with Crippen molar-refractivity contribution in [1.82, 2.24) is 4.90 Å². The Morgan fingerprint density at radius 1 is 1.00 bits per heavy atom. The molecule has 0 radical (unpaired) electrons.